The number of imidazole rings is 1. The topological polar surface area (TPSA) is 113 Å². The average molecular weight is 559 g/mol. The summed E-state index contributed by atoms with van der Waals surface area (Å²) in [5.74, 6) is -1.97. The number of halogens is 3. The molecule has 0 saturated carbocycles. The van der Waals surface area contributed by atoms with Crippen molar-refractivity contribution in [2.45, 2.75) is 13.3 Å². The number of aliphatic hydroxyl groups excluding tert-OH is 1. The van der Waals surface area contributed by atoms with E-state index in [0.29, 0.717) is 67.7 Å². The SMILES string of the molecule is CCc1cc(Nc2nccn3c(-c4ccc(Cl)c(F)c4F)cnc23)ccc1C(=O)NCCOCCNCCO. The molecule has 0 atom stereocenters. The number of carbonyl (C=O) groups is 1. The minimum Gasteiger partial charge on any atom is -0.395 e. The second-order valence-electron chi connectivity index (χ2n) is 8.53. The third-order valence-electron chi connectivity index (χ3n) is 5.98. The van der Waals surface area contributed by atoms with Crippen molar-refractivity contribution in [2.75, 3.05) is 44.8 Å². The molecule has 4 rings (SSSR count). The molecule has 0 aliphatic rings. The zero-order chi connectivity index (χ0) is 27.8. The van der Waals surface area contributed by atoms with E-state index in [1.165, 1.54) is 24.5 Å². The van der Waals surface area contributed by atoms with Gasteiger partial charge >= 0.3 is 0 Å². The van der Waals surface area contributed by atoms with E-state index in [9.17, 15) is 13.6 Å². The van der Waals surface area contributed by atoms with Gasteiger partial charge in [-0.05, 0) is 42.3 Å². The Labute approximate surface area is 229 Å². The number of carbonyl (C=O) groups excluding carboxylic acids is 1. The number of fused-ring (bicyclic) bond motifs is 1. The van der Waals surface area contributed by atoms with Crippen LogP contribution >= 0.6 is 11.6 Å². The molecule has 0 unspecified atom stereocenters. The summed E-state index contributed by atoms with van der Waals surface area (Å²) in [5.41, 5.74) is 2.86. The lowest BCUT2D eigenvalue weighted by molar-refractivity contribution is 0.0915. The van der Waals surface area contributed by atoms with Crippen molar-refractivity contribution in [3.05, 3.63) is 76.7 Å². The van der Waals surface area contributed by atoms with E-state index in [1.807, 2.05) is 13.0 Å². The van der Waals surface area contributed by atoms with Crippen LogP contribution in [0, 0.1) is 11.6 Å². The first-order valence-electron chi connectivity index (χ1n) is 12.5. The van der Waals surface area contributed by atoms with Crippen molar-refractivity contribution in [1.82, 2.24) is 25.0 Å². The Morgan fingerprint density at radius 1 is 1.10 bits per heavy atom. The van der Waals surface area contributed by atoms with Crippen LogP contribution in [-0.2, 0) is 11.2 Å². The van der Waals surface area contributed by atoms with Gasteiger partial charge in [-0.3, -0.25) is 9.20 Å². The fourth-order valence-corrected chi connectivity index (χ4v) is 4.18. The second kappa shape index (κ2) is 13.4. The highest BCUT2D eigenvalue weighted by atomic mass is 35.5. The zero-order valence-corrected chi connectivity index (χ0v) is 22.1. The number of aryl methyl sites for hydroxylation is 1. The maximum atomic E-state index is 14.6. The van der Waals surface area contributed by atoms with Crippen LogP contribution in [0.2, 0.25) is 5.02 Å². The van der Waals surface area contributed by atoms with Gasteiger partial charge in [0.1, 0.15) is 0 Å². The number of amides is 1. The molecular weight excluding hydrogens is 530 g/mol. The Morgan fingerprint density at radius 2 is 1.92 bits per heavy atom. The summed E-state index contributed by atoms with van der Waals surface area (Å²) >= 11 is 5.70. The lowest BCUT2D eigenvalue weighted by Crippen LogP contribution is -2.29. The third kappa shape index (κ3) is 6.69. The average Bonchev–Trinajstić information content (AvgIpc) is 3.38. The molecule has 2 aromatic carbocycles. The summed E-state index contributed by atoms with van der Waals surface area (Å²) in [4.78, 5) is 21.5. The largest absolute Gasteiger partial charge is 0.395 e. The summed E-state index contributed by atoms with van der Waals surface area (Å²) < 4.78 is 35.7. The van der Waals surface area contributed by atoms with E-state index in [-0.39, 0.29) is 23.1 Å². The number of aromatic nitrogens is 3. The van der Waals surface area contributed by atoms with Crippen LogP contribution < -0.4 is 16.0 Å². The first-order valence-corrected chi connectivity index (χ1v) is 12.9. The molecule has 0 saturated heterocycles. The van der Waals surface area contributed by atoms with Gasteiger partial charge in [-0.15, -0.1) is 0 Å². The van der Waals surface area contributed by atoms with Crippen molar-refractivity contribution in [1.29, 1.82) is 0 Å². The van der Waals surface area contributed by atoms with Gasteiger partial charge in [-0.25, -0.2) is 18.7 Å². The zero-order valence-electron chi connectivity index (χ0n) is 21.3. The van der Waals surface area contributed by atoms with Gasteiger partial charge in [0.15, 0.2) is 23.1 Å². The standard InChI is InChI=1S/C27H29ClF2N6O3/c1-2-17-15-18(3-4-19(17)27(38)33-10-14-39-13-9-31-8-12-37)35-25-26-34-16-22(36(26)11-7-32-25)20-5-6-21(28)24(30)23(20)29/h3-7,11,15-16,31,37H,2,8-10,12-14H2,1H3,(H,32,35)(H,33,38). The number of benzene rings is 2. The van der Waals surface area contributed by atoms with Gasteiger partial charge in [0, 0.05) is 48.8 Å². The smallest absolute Gasteiger partial charge is 0.251 e. The third-order valence-corrected chi connectivity index (χ3v) is 6.27. The lowest BCUT2D eigenvalue weighted by Gasteiger charge is -2.13. The summed E-state index contributed by atoms with van der Waals surface area (Å²) in [6.45, 7) is 4.41. The number of anilines is 2. The molecule has 2 heterocycles. The van der Waals surface area contributed by atoms with Crippen LogP contribution in [-0.4, -0.2) is 64.8 Å². The van der Waals surface area contributed by atoms with Gasteiger partial charge in [0.05, 0.1) is 36.7 Å². The summed E-state index contributed by atoms with van der Waals surface area (Å²) in [7, 11) is 0. The number of hydrogen-bond acceptors (Lipinski definition) is 7. The van der Waals surface area contributed by atoms with Gasteiger partial charge in [-0.2, -0.15) is 0 Å². The quantitative estimate of drug-likeness (QED) is 0.145. The molecule has 0 spiro atoms. The Hall–Kier alpha value is -3.64. The predicted octanol–water partition coefficient (Wildman–Crippen LogP) is 3.96. The van der Waals surface area contributed by atoms with Gasteiger partial charge in [0.2, 0.25) is 0 Å². The monoisotopic (exact) mass is 558 g/mol. The molecule has 0 aliphatic carbocycles. The molecule has 4 N–H and O–H groups in total. The minimum atomic E-state index is -1.12. The number of rotatable bonds is 13. The predicted molar refractivity (Wildman–Crippen MR) is 146 cm³/mol. The molecule has 39 heavy (non-hydrogen) atoms. The van der Waals surface area contributed by atoms with Crippen molar-refractivity contribution in [2.24, 2.45) is 0 Å². The maximum absolute atomic E-state index is 14.6. The maximum Gasteiger partial charge on any atom is 0.251 e. The van der Waals surface area contributed by atoms with Crippen LogP contribution in [0.4, 0.5) is 20.3 Å². The number of hydrogen-bond donors (Lipinski definition) is 4. The van der Waals surface area contributed by atoms with Crippen LogP contribution in [0.15, 0.2) is 48.9 Å². The molecule has 0 aliphatic heterocycles. The van der Waals surface area contributed by atoms with Crippen LogP contribution in [0.1, 0.15) is 22.8 Å². The summed E-state index contributed by atoms with van der Waals surface area (Å²) in [6, 6.07) is 8.06. The fourth-order valence-electron chi connectivity index (χ4n) is 4.04. The summed E-state index contributed by atoms with van der Waals surface area (Å²) in [5, 5.41) is 17.5. The number of nitrogens with zero attached hydrogens (tertiary/aromatic N) is 3. The first-order chi connectivity index (χ1) is 18.9. The van der Waals surface area contributed by atoms with Crippen molar-refractivity contribution >= 4 is 34.7 Å². The van der Waals surface area contributed by atoms with Crippen LogP contribution in [0.25, 0.3) is 16.9 Å². The molecule has 0 radical (unpaired) electrons. The van der Waals surface area contributed by atoms with Crippen molar-refractivity contribution in [3.63, 3.8) is 0 Å². The molecule has 2 aromatic heterocycles. The van der Waals surface area contributed by atoms with E-state index >= 15 is 0 Å². The molecule has 1 amide bonds. The molecule has 12 heteroatoms. The van der Waals surface area contributed by atoms with Gasteiger partial charge < -0.3 is 25.8 Å². The van der Waals surface area contributed by atoms with Crippen LogP contribution in [0.3, 0.4) is 0 Å². The normalized spacial score (nSPS) is 11.2. The molecule has 4 aromatic rings. The number of nitrogens with one attached hydrogen (secondary N) is 3. The molecule has 0 fully saturated rings. The number of aliphatic hydroxyl groups is 1. The van der Waals surface area contributed by atoms with E-state index in [1.54, 1.807) is 22.7 Å². The Bertz CT molecular complexity index is 1450. The summed E-state index contributed by atoms with van der Waals surface area (Å²) in [6.07, 6.45) is 5.19. The van der Waals surface area contributed by atoms with E-state index < -0.39 is 11.6 Å². The second-order valence-corrected chi connectivity index (χ2v) is 8.94. The Morgan fingerprint density at radius 3 is 2.72 bits per heavy atom. The molecule has 9 nitrogen and oxygen atoms in total. The Balaban J connectivity index is 1.45. The van der Waals surface area contributed by atoms with Crippen molar-refractivity contribution in [3.8, 4) is 11.3 Å². The molecule has 206 valence electrons. The first kappa shape index (κ1) is 28.4. The highest BCUT2D eigenvalue weighted by molar-refractivity contribution is 6.30. The van der Waals surface area contributed by atoms with Gasteiger partial charge in [0.25, 0.3) is 5.91 Å². The lowest BCUT2D eigenvalue weighted by atomic mass is 10.0. The van der Waals surface area contributed by atoms with E-state index in [0.717, 1.165) is 5.56 Å². The van der Waals surface area contributed by atoms with Gasteiger partial charge in [-0.1, -0.05) is 18.5 Å². The Kier molecular flexibility index (Phi) is 9.77. The van der Waals surface area contributed by atoms with E-state index in [2.05, 4.69) is 25.9 Å². The number of ether oxygens (including phenoxy) is 1. The fraction of sp³-hybridized carbons (Fsp3) is 0.296. The highest BCUT2D eigenvalue weighted by Crippen LogP contribution is 2.30. The molecule has 0 bridgehead atoms. The van der Waals surface area contributed by atoms with Crippen molar-refractivity contribution < 1.29 is 23.4 Å². The van der Waals surface area contributed by atoms with E-state index in [4.69, 9.17) is 21.4 Å². The minimum absolute atomic E-state index is 0.0222. The highest BCUT2D eigenvalue weighted by Gasteiger charge is 2.18. The molecular formula is C27H29ClF2N6O3. The van der Waals surface area contributed by atoms with Crippen LogP contribution in [0.5, 0.6) is 0 Å².